The average Bonchev–Trinajstić information content (AvgIpc) is 2.57. The quantitative estimate of drug-likeness (QED) is 0.899. The Morgan fingerprint density at radius 1 is 1.29 bits per heavy atom. The van der Waals surface area contributed by atoms with E-state index in [0.717, 1.165) is 38.8 Å². The van der Waals surface area contributed by atoms with Crippen molar-refractivity contribution in [2.75, 3.05) is 18.4 Å². The Kier molecular flexibility index (Phi) is 6.17. The maximum absolute atomic E-state index is 12.7. The van der Waals surface area contributed by atoms with E-state index in [1.165, 1.54) is 10.6 Å². The van der Waals surface area contributed by atoms with Gasteiger partial charge in [0.25, 0.3) is 11.5 Å². The Hall–Kier alpha value is -2.11. The van der Waals surface area contributed by atoms with Crippen LogP contribution in [-0.4, -0.2) is 34.4 Å². The Morgan fingerprint density at radius 2 is 1.96 bits per heavy atom. The van der Waals surface area contributed by atoms with E-state index in [1.807, 2.05) is 11.8 Å². The molecule has 1 saturated heterocycles. The molecule has 0 atom stereocenters. The molecule has 0 aromatic carbocycles. The highest BCUT2D eigenvalue weighted by Crippen LogP contribution is 2.18. The number of carbonyl (C=O) groups is 2. The molecule has 0 spiro atoms. The summed E-state index contributed by atoms with van der Waals surface area (Å²) in [7, 11) is 1.60. The second kappa shape index (κ2) is 8.13. The predicted octanol–water partition coefficient (Wildman–Crippen LogP) is 2.39. The van der Waals surface area contributed by atoms with Crippen LogP contribution >= 0.6 is 0 Å². The largest absolute Gasteiger partial charge is 0.339 e. The van der Waals surface area contributed by atoms with Crippen LogP contribution < -0.4 is 10.9 Å². The van der Waals surface area contributed by atoms with Gasteiger partial charge < -0.3 is 14.8 Å². The van der Waals surface area contributed by atoms with E-state index < -0.39 is 0 Å². The lowest BCUT2D eigenvalue weighted by Crippen LogP contribution is -2.38. The van der Waals surface area contributed by atoms with Gasteiger partial charge in [-0.1, -0.05) is 20.3 Å². The highest BCUT2D eigenvalue weighted by Gasteiger charge is 2.22. The molecule has 2 amide bonds. The van der Waals surface area contributed by atoms with E-state index in [9.17, 15) is 14.4 Å². The number of hydrogen-bond acceptors (Lipinski definition) is 3. The number of nitrogens with one attached hydrogen (secondary N) is 1. The zero-order chi connectivity index (χ0) is 17.7. The number of nitrogens with zero attached hydrogens (tertiary/aromatic N) is 2. The van der Waals surface area contributed by atoms with Gasteiger partial charge in [-0.05, 0) is 31.2 Å². The summed E-state index contributed by atoms with van der Waals surface area (Å²) in [5.41, 5.74) is 0.316. The van der Waals surface area contributed by atoms with Crippen LogP contribution in [0.1, 0.15) is 56.3 Å². The van der Waals surface area contributed by atoms with Crippen molar-refractivity contribution >= 4 is 17.5 Å². The number of unbranched alkanes of at least 4 members (excludes halogenated alkanes) is 1. The molecule has 132 valence electrons. The molecule has 6 nitrogen and oxygen atoms in total. The summed E-state index contributed by atoms with van der Waals surface area (Å²) in [6, 6.07) is 1.51. The molecule has 2 heterocycles. The average molecular weight is 333 g/mol. The Morgan fingerprint density at radius 3 is 2.58 bits per heavy atom. The van der Waals surface area contributed by atoms with Crippen LogP contribution in [0, 0.1) is 5.92 Å². The minimum atomic E-state index is -0.302. The number of piperidine rings is 1. The van der Waals surface area contributed by atoms with Crippen molar-refractivity contribution in [3.63, 3.8) is 0 Å². The van der Waals surface area contributed by atoms with E-state index in [1.54, 1.807) is 13.2 Å². The van der Waals surface area contributed by atoms with E-state index >= 15 is 0 Å². The highest BCUT2D eigenvalue weighted by atomic mass is 16.2. The SMILES string of the molecule is CCCCC(=O)Nc1cc(C(=O)N2CCC(C)CC2)cn(C)c1=O. The number of aryl methyl sites for hydroxylation is 1. The normalized spacial score (nSPS) is 15.4. The molecular weight excluding hydrogens is 306 g/mol. The molecule has 1 aliphatic heterocycles. The molecular formula is C18H27N3O3. The topological polar surface area (TPSA) is 71.4 Å². The summed E-state index contributed by atoms with van der Waals surface area (Å²) in [4.78, 5) is 38.6. The second-order valence-corrected chi connectivity index (χ2v) is 6.68. The molecule has 24 heavy (non-hydrogen) atoms. The molecule has 0 aliphatic carbocycles. The van der Waals surface area contributed by atoms with Crippen LogP contribution in [0.2, 0.25) is 0 Å². The van der Waals surface area contributed by atoms with E-state index in [0.29, 0.717) is 17.9 Å². The summed E-state index contributed by atoms with van der Waals surface area (Å²) >= 11 is 0. The first-order chi connectivity index (χ1) is 11.4. The number of aromatic nitrogens is 1. The van der Waals surface area contributed by atoms with Gasteiger partial charge >= 0.3 is 0 Å². The smallest absolute Gasteiger partial charge is 0.274 e. The predicted molar refractivity (Wildman–Crippen MR) is 94.1 cm³/mol. The van der Waals surface area contributed by atoms with E-state index in [2.05, 4.69) is 12.2 Å². The molecule has 6 heteroatoms. The zero-order valence-corrected chi connectivity index (χ0v) is 14.8. The van der Waals surface area contributed by atoms with E-state index in [4.69, 9.17) is 0 Å². The van der Waals surface area contributed by atoms with Crippen LogP contribution in [0.15, 0.2) is 17.1 Å². The maximum Gasteiger partial charge on any atom is 0.274 e. The maximum atomic E-state index is 12.7. The molecule has 1 aromatic heterocycles. The van der Waals surface area contributed by atoms with Gasteiger partial charge in [-0.15, -0.1) is 0 Å². The molecule has 0 saturated carbocycles. The first kappa shape index (κ1) is 18.2. The molecule has 0 unspecified atom stereocenters. The van der Waals surface area contributed by atoms with Gasteiger partial charge in [0, 0.05) is 32.8 Å². The first-order valence-electron chi connectivity index (χ1n) is 8.72. The molecule has 1 aliphatic rings. The molecule has 1 aromatic rings. The van der Waals surface area contributed by atoms with Crippen molar-refractivity contribution in [3.8, 4) is 0 Å². The molecule has 0 radical (unpaired) electrons. The second-order valence-electron chi connectivity index (χ2n) is 6.68. The van der Waals surface area contributed by atoms with Crippen molar-refractivity contribution in [2.24, 2.45) is 13.0 Å². The van der Waals surface area contributed by atoms with Gasteiger partial charge in [-0.3, -0.25) is 14.4 Å². The van der Waals surface area contributed by atoms with Gasteiger partial charge in [0.15, 0.2) is 0 Å². The molecule has 1 fully saturated rings. The van der Waals surface area contributed by atoms with Gasteiger partial charge in [-0.2, -0.15) is 0 Å². The lowest BCUT2D eigenvalue weighted by molar-refractivity contribution is -0.116. The summed E-state index contributed by atoms with van der Waals surface area (Å²) in [6.45, 7) is 5.67. The Balaban J connectivity index is 2.17. The van der Waals surface area contributed by atoms with Gasteiger partial charge in [0.2, 0.25) is 5.91 Å². The minimum absolute atomic E-state index is 0.0819. The standard InChI is InChI=1S/C18H27N3O3/c1-4-5-6-16(22)19-15-11-14(12-20(3)18(15)24)17(23)21-9-7-13(2)8-10-21/h11-13H,4-10H2,1-3H3,(H,19,22). The van der Waals surface area contributed by atoms with Crippen LogP contribution in [0.3, 0.4) is 0 Å². The molecule has 0 bridgehead atoms. The monoisotopic (exact) mass is 333 g/mol. The van der Waals surface area contributed by atoms with Crippen molar-refractivity contribution in [3.05, 3.63) is 28.2 Å². The van der Waals surface area contributed by atoms with E-state index in [-0.39, 0.29) is 23.1 Å². The highest BCUT2D eigenvalue weighted by molar-refractivity contribution is 5.96. The van der Waals surface area contributed by atoms with Crippen LogP contribution in [-0.2, 0) is 11.8 Å². The first-order valence-corrected chi connectivity index (χ1v) is 8.72. The van der Waals surface area contributed by atoms with Gasteiger partial charge in [0.05, 0.1) is 5.56 Å². The van der Waals surface area contributed by atoms with Gasteiger partial charge in [-0.25, -0.2) is 0 Å². The van der Waals surface area contributed by atoms with Crippen molar-refractivity contribution < 1.29 is 9.59 Å². The number of hydrogen-bond donors (Lipinski definition) is 1. The molecule has 2 rings (SSSR count). The lowest BCUT2D eigenvalue weighted by Gasteiger charge is -2.30. The van der Waals surface area contributed by atoms with Crippen LogP contribution in [0.25, 0.3) is 0 Å². The van der Waals surface area contributed by atoms with Crippen LogP contribution in [0.4, 0.5) is 5.69 Å². The third-order valence-corrected chi connectivity index (χ3v) is 4.53. The minimum Gasteiger partial charge on any atom is -0.339 e. The zero-order valence-electron chi connectivity index (χ0n) is 14.8. The number of carbonyl (C=O) groups excluding carboxylic acids is 2. The Labute approximate surface area is 142 Å². The third kappa shape index (κ3) is 4.46. The fourth-order valence-corrected chi connectivity index (χ4v) is 2.86. The molecule has 1 N–H and O–H groups in total. The number of likely N-dealkylation sites (tertiary alicyclic amines) is 1. The third-order valence-electron chi connectivity index (χ3n) is 4.53. The fraction of sp³-hybridized carbons (Fsp3) is 0.611. The number of amides is 2. The van der Waals surface area contributed by atoms with Gasteiger partial charge in [0.1, 0.15) is 5.69 Å². The lowest BCUT2D eigenvalue weighted by atomic mass is 9.99. The fourth-order valence-electron chi connectivity index (χ4n) is 2.86. The number of pyridine rings is 1. The van der Waals surface area contributed by atoms with Crippen LogP contribution in [0.5, 0.6) is 0 Å². The van der Waals surface area contributed by atoms with Crippen molar-refractivity contribution in [1.29, 1.82) is 0 Å². The summed E-state index contributed by atoms with van der Waals surface area (Å²) in [5, 5.41) is 2.65. The summed E-state index contributed by atoms with van der Waals surface area (Å²) < 4.78 is 1.36. The number of rotatable bonds is 5. The van der Waals surface area contributed by atoms with Crippen molar-refractivity contribution in [1.82, 2.24) is 9.47 Å². The summed E-state index contributed by atoms with van der Waals surface area (Å²) in [6.07, 6.45) is 5.61. The Bertz CT molecular complexity index is 658. The number of anilines is 1. The van der Waals surface area contributed by atoms with Crippen molar-refractivity contribution in [2.45, 2.75) is 46.0 Å². The summed E-state index contributed by atoms with van der Waals surface area (Å²) in [5.74, 6) is 0.370.